The molecule has 1 aliphatic rings. The predicted octanol–water partition coefficient (Wildman–Crippen LogP) is 2.99. The quantitative estimate of drug-likeness (QED) is 0.898. The Hall–Kier alpha value is -1.34. The standard InChI is InChI=1S/C16H26N4/c1-5-13-9-14(6-2)20(19-13)15-7-8-16(10-15,11-17)18-12(3)4/h9,12,15,18H,5-8,10H2,1-4H3. The smallest absolute Gasteiger partial charge is 0.109 e. The number of nitrogens with zero attached hydrogens (tertiary/aromatic N) is 3. The van der Waals surface area contributed by atoms with Crippen LogP contribution in [0.1, 0.15) is 64.4 Å². The Morgan fingerprint density at radius 2 is 2.25 bits per heavy atom. The molecule has 110 valence electrons. The van der Waals surface area contributed by atoms with E-state index < -0.39 is 0 Å². The number of nitrogens with one attached hydrogen (secondary N) is 1. The number of hydrogen-bond donors (Lipinski definition) is 1. The highest BCUT2D eigenvalue weighted by Gasteiger charge is 2.41. The van der Waals surface area contributed by atoms with Gasteiger partial charge >= 0.3 is 0 Å². The van der Waals surface area contributed by atoms with Crippen LogP contribution in [0.25, 0.3) is 0 Å². The number of nitriles is 1. The Morgan fingerprint density at radius 3 is 2.80 bits per heavy atom. The third-order valence-corrected chi connectivity index (χ3v) is 4.20. The van der Waals surface area contributed by atoms with Gasteiger partial charge in [0.1, 0.15) is 5.54 Å². The second-order valence-electron chi connectivity index (χ2n) is 6.17. The van der Waals surface area contributed by atoms with Gasteiger partial charge in [-0.2, -0.15) is 10.4 Å². The first-order chi connectivity index (χ1) is 9.53. The highest BCUT2D eigenvalue weighted by molar-refractivity contribution is 5.17. The summed E-state index contributed by atoms with van der Waals surface area (Å²) in [6.07, 6.45) is 4.78. The molecule has 1 saturated carbocycles. The van der Waals surface area contributed by atoms with Gasteiger partial charge < -0.3 is 0 Å². The molecule has 0 radical (unpaired) electrons. The molecule has 1 fully saturated rings. The van der Waals surface area contributed by atoms with E-state index in [1.165, 1.54) is 5.69 Å². The molecule has 0 aromatic carbocycles. The third kappa shape index (κ3) is 2.88. The molecular formula is C16H26N4. The lowest BCUT2D eigenvalue weighted by Gasteiger charge is -2.25. The number of rotatable bonds is 5. The van der Waals surface area contributed by atoms with Crippen LogP contribution in [0.5, 0.6) is 0 Å². The van der Waals surface area contributed by atoms with Crippen LogP contribution in [0.4, 0.5) is 0 Å². The van der Waals surface area contributed by atoms with Crippen molar-refractivity contribution in [1.82, 2.24) is 15.1 Å². The molecule has 4 heteroatoms. The lowest BCUT2D eigenvalue weighted by Crippen LogP contribution is -2.45. The van der Waals surface area contributed by atoms with Gasteiger partial charge in [-0.25, -0.2) is 0 Å². The van der Waals surface area contributed by atoms with E-state index in [9.17, 15) is 5.26 Å². The van der Waals surface area contributed by atoms with E-state index in [1.807, 2.05) is 0 Å². The van der Waals surface area contributed by atoms with Gasteiger partial charge in [-0.15, -0.1) is 0 Å². The van der Waals surface area contributed by atoms with Crippen LogP contribution < -0.4 is 5.32 Å². The number of hydrogen-bond acceptors (Lipinski definition) is 3. The SMILES string of the molecule is CCc1cc(CC)n(C2CCC(C#N)(NC(C)C)C2)n1. The second kappa shape index (κ2) is 5.97. The predicted molar refractivity (Wildman–Crippen MR) is 80.5 cm³/mol. The molecule has 1 aromatic heterocycles. The summed E-state index contributed by atoms with van der Waals surface area (Å²) >= 11 is 0. The Labute approximate surface area is 122 Å². The molecule has 1 N–H and O–H groups in total. The normalized spacial score (nSPS) is 26.1. The average Bonchev–Trinajstić information content (AvgIpc) is 3.02. The lowest BCUT2D eigenvalue weighted by molar-refractivity contribution is 0.358. The highest BCUT2D eigenvalue weighted by atomic mass is 15.3. The molecule has 0 saturated heterocycles. The van der Waals surface area contributed by atoms with E-state index in [2.05, 4.69) is 49.8 Å². The van der Waals surface area contributed by atoms with Crippen LogP contribution in [0.2, 0.25) is 0 Å². The first kappa shape index (κ1) is 15.1. The van der Waals surface area contributed by atoms with Crippen molar-refractivity contribution in [3.8, 4) is 6.07 Å². The summed E-state index contributed by atoms with van der Waals surface area (Å²) in [7, 11) is 0. The van der Waals surface area contributed by atoms with Gasteiger partial charge in [0.2, 0.25) is 0 Å². The molecule has 2 atom stereocenters. The monoisotopic (exact) mass is 274 g/mol. The maximum absolute atomic E-state index is 9.57. The van der Waals surface area contributed by atoms with E-state index in [0.29, 0.717) is 12.1 Å². The van der Waals surface area contributed by atoms with Gasteiger partial charge in [0.15, 0.2) is 0 Å². The molecule has 4 nitrogen and oxygen atoms in total. The van der Waals surface area contributed by atoms with Crippen LogP contribution in [-0.2, 0) is 12.8 Å². The molecule has 1 aromatic rings. The van der Waals surface area contributed by atoms with Crippen molar-refractivity contribution in [3.63, 3.8) is 0 Å². The van der Waals surface area contributed by atoms with Crippen molar-refractivity contribution in [2.24, 2.45) is 0 Å². The summed E-state index contributed by atoms with van der Waals surface area (Å²) in [6, 6.07) is 5.42. The van der Waals surface area contributed by atoms with Crippen LogP contribution in [0.3, 0.4) is 0 Å². The fourth-order valence-corrected chi connectivity index (χ4v) is 3.29. The average molecular weight is 274 g/mol. The van der Waals surface area contributed by atoms with Crippen LogP contribution >= 0.6 is 0 Å². The van der Waals surface area contributed by atoms with Gasteiger partial charge in [-0.05, 0) is 45.6 Å². The molecular weight excluding hydrogens is 248 g/mol. The van der Waals surface area contributed by atoms with Gasteiger partial charge in [0.25, 0.3) is 0 Å². The van der Waals surface area contributed by atoms with Crippen molar-refractivity contribution in [1.29, 1.82) is 5.26 Å². The van der Waals surface area contributed by atoms with Crippen molar-refractivity contribution in [3.05, 3.63) is 17.5 Å². The third-order valence-electron chi connectivity index (χ3n) is 4.20. The van der Waals surface area contributed by atoms with Crippen molar-refractivity contribution in [2.75, 3.05) is 0 Å². The molecule has 2 rings (SSSR count). The summed E-state index contributed by atoms with van der Waals surface area (Å²) in [5.74, 6) is 0. The topological polar surface area (TPSA) is 53.6 Å². The van der Waals surface area contributed by atoms with Crippen LogP contribution in [0.15, 0.2) is 6.07 Å². The number of aromatic nitrogens is 2. The first-order valence-electron chi connectivity index (χ1n) is 7.79. The minimum absolute atomic E-state index is 0.336. The van der Waals surface area contributed by atoms with Gasteiger partial charge in [-0.1, -0.05) is 13.8 Å². The molecule has 20 heavy (non-hydrogen) atoms. The van der Waals surface area contributed by atoms with Crippen LogP contribution in [0, 0.1) is 11.3 Å². The van der Waals surface area contributed by atoms with Gasteiger partial charge in [0, 0.05) is 18.2 Å². The second-order valence-corrected chi connectivity index (χ2v) is 6.17. The van der Waals surface area contributed by atoms with Gasteiger partial charge in [-0.3, -0.25) is 10.00 Å². The largest absolute Gasteiger partial charge is 0.297 e. The summed E-state index contributed by atoms with van der Waals surface area (Å²) in [5, 5.41) is 17.8. The summed E-state index contributed by atoms with van der Waals surface area (Å²) in [6.45, 7) is 8.52. The maximum Gasteiger partial charge on any atom is 0.109 e. The Bertz CT molecular complexity index is 497. The lowest BCUT2D eigenvalue weighted by atomic mass is 9.98. The van der Waals surface area contributed by atoms with Crippen molar-refractivity contribution >= 4 is 0 Å². The fourth-order valence-electron chi connectivity index (χ4n) is 3.29. The zero-order valence-electron chi connectivity index (χ0n) is 13.1. The molecule has 0 amide bonds. The number of aryl methyl sites for hydroxylation is 2. The van der Waals surface area contributed by atoms with Crippen LogP contribution in [-0.4, -0.2) is 21.4 Å². The van der Waals surface area contributed by atoms with Crippen molar-refractivity contribution in [2.45, 2.75) is 77.4 Å². The Balaban J connectivity index is 2.20. The molecule has 0 spiro atoms. The molecule has 1 aliphatic carbocycles. The summed E-state index contributed by atoms with van der Waals surface area (Å²) < 4.78 is 2.18. The highest BCUT2D eigenvalue weighted by Crippen LogP contribution is 2.38. The molecule has 2 unspecified atom stereocenters. The van der Waals surface area contributed by atoms with E-state index in [-0.39, 0.29) is 5.54 Å². The first-order valence-corrected chi connectivity index (χ1v) is 7.79. The zero-order chi connectivity index (χ0) is 14.8. The fraction of sp³-hybridized carbons (Fsp3) is 0.750. The minimum atomic E-state index is -0.373. The van der Waals surface area contributed by atoms with E-state index >= 15 is 0 Å². The van der Waals surface area contributed by atoms with E-state index in [0.717, 1.165) is 37.8 Å². The Kier molecular flexibility index (Phi) is 4.49. The molecule has 0 aliphatic heterocycles. The zero-order valence-corrected chi connectivity index (χ0v) is 13.1. The summed E-state index contributed by atoms with van der Waals surface area (Å²) in [5.41, 5.74) is 2.08. The maximum atomic E-state index is 9.57. The van der Waals surface area contributed by atoms with E-state index in [1.54, 1.807) is 0 Å². The minimum Gasteiger partial charge on any atom is -0.297 e. The van der Waals surface area contributed by atoms with Gasteiger partial charge in [0.05, 0.1) is 17.8 Å². The van der Waals surface area contributed by atoms with Crippen molar-refractivity contribution < 1.29 is 0 Å². The molecule has 0 bridgehead atoms. The molecule has 1 heterocycles. The van der Waals surface area contributed by atoms with E-state index in [4.69, 9.17) is 5.10 Å². The summed E-state index contributed by atoms with van der Waals surface area (Å²) in [4.78, 5) is 0. The Morgan fingerprint density at radius 1 is 1.50 bits per heavy atom.